The van der Waals surface area contributed by atoms with Crippen LogP contribution in [-0.4, -0.2) is 19.3 Å². The van der Waals surface area contributed by atoms with Gasteiger partial charge in [-0.25, -0.2) is 0 Å². The molecule has 1 heterocycles. The average molecular weight is 375 g/mol. The molecular weight excluding hydrogens is 354 g/mol. The monoisotopic (exact) mass is 375 g/mol. The number of benzene rings is 3. The first kappa shape index (κ1) is 17.9. The molecule has 0 bridgehead atoms. The highest BCUT2D eigenvalue weighted by Gasteiger charge is 2.15. The highest BCUT2D eigenvalue weighted by molar-refractivity contribution is 5.78. The molecule has 28 heavy (non-hydrogen) atoms. The molecule has 0 aliphatic carbocycles. The van der Waals surface area contributed by atoms with Gasteiger partial charge in [0.2, 0.25) is 6.79 Å². The molecule has 0 saturated carbocycles. The van der Waals surface area contributed by atoms with Crippen molar-refractivity contribution in [3.63, 3.8) is 0 Å². The molecule has 0 unspecified atom stereocenters. The lowest BCUT2D eigenvalue weighted by atomic mass is 10.0. The lowest BCUT2D eigenvalue weighted by Crippen LogP contribution is -2.31. The van der Waals surface area contributed by atoms with Crippen LogP contribution in [0, 0.1) is 0 Å². The van der Waals surface area contributed by atoms with E-state index in [2.05, 4.69) is 29.6 Å². The fourth-order valence-corrected chi connectivity index (χ4v) is 3.08. The quantitative estimate of drug-likeness (QED) is 0.696. The van der Waals surface area contributed by atoms with Crippen molar-refractivity contribution in [2.45, 2.75) is 13.0 Å². The fourth-order valence-electron chi connectivity index (χ4n) is 3.08. The van der Waals surface area contributed by atoms with Crippen LogP contribution in [0.1, 0.15) is 18.5 Å². The first-order valence-electron chi connectivity index (χ1n) is 9.16. The van der Waals surface area contributed by atoms with E-state index in [1.165, 1.54) is 5.56 Å². The molecule has 0 aromatic heterocycles. The van der Waals surface area contributed by atoms with E-state index in [0.717, 1.165) is 11.1 Å². The van der Waals surface area contributed by atoms with E-state index in [1.807, 2.05) is 37.3 Å². The van der Waals surface area contributed by atoms with Crippen LogP contribution in [-0.2, 0) is 4.79 Å². The van der Waals surface area contributed by atoms with Gasteiger partial charge in [-0.15, -0.1) is 0 Å². The molecule has 1 aliphatic heterocycles. The van der Waals surface area contributed by atoms with Crippen molar-refractivity contribution >= 4 is 5.91 Å². The average Bonchev–Trinajstić information content (AvgIpc) is 3.21. The molecule has 1 N–H and O–H groups in total. The number of hydrogen-bond acceptors (Lipinski definition) is 4. The maximum absolute atomic E-state index is 12.2. The van der Waals surface area contributed by atoms with Crippen LogP contribution in [0.2, 0.25) is 0 Å². The van der Waals surface area contributed by atoms with Crippen molar-refractivity contribution < 1.29 is 19.0 Å². The van der Waals surface area contributed by atoms with Gasteiger partial charge in [0, 0.05) is 6.07 Å². The summed E-state index contributed by atoms with van der Waals surface area (Å²) in [7, 11) is 0. The van der Waals surface area contributed by atoms with Crippen molar-refractivity contribution in [1.82, 2.24) is 5.32 Å². The number of hydrogen-bond donors (Lipinski definition) is 1. The minimum absolute atomic E-state index is 0.0634. The van der Waals surface area contributed by atoms with Crippen molar-refractivity contribution in [3.8, 4) is 28.4 Å². The van der Waals surface area contributed by atoms with Gasteiger partial charge >= 0.3 is 0 Å². The van der Waals surface area contributed by atoms with Crippen molar-refractivity contribution in [2.24, 2.45) is 0 Å². The summed E-state index contributed by atoms with van der Waals surface area (Å²) in [5.41, 5.74) is 3.35. The summed E-state index contributed by atoms with van der Waals surface area (Å²) in [5, 5.41) is 2.96. The van der Waals surface area contributed by atoms with Crippen LogP contribution in [0.3, 0.4) is 0 Å². The number of nitrogens with one attached hydrogen (secondary N) is 1. The lowest BCUT2D eigenvalue weighted by molar-refractivity contribution is -0.123. The minimum atomic E-state index is -0.183. The van der Waals surface area contributed by atoms with E-state index < -0.39 is 0 Å². The smallest absolute Gasteiger partial charge is 0.258 e. The second-order valence-corrected chi connectivity index (χ2v) is 6.58. The Hall–Kier alpha value is -3.47. The summed E-state index contributed by atoms with van der Waals surface area (Å²) < 4.78 is 16.1. The number of fused-ring (bicyclic) bond motifs is 1. The highest BCUT2D eigenvalue weighted by Crippen LogP contribution is 2.35. The Bertz CT molecular complexity index is 954. The van der Waals surface area contributed by atoms with Crippen LogP contribution in [0.15, 0.2) is 72.8 Å². The maximum Gasteiger partial charge on any atom is 0.258 e. The van der Waals surface area contributed by atoms with Gasteiger partial charge in [0.15, 0.2) is 18.1 Å². The zero-order valence-electron chi connectivity index (χ0n) is 15.6. The van der Waals surface area contributed by atoms with E-state index in [9.17, 15) is 4.79 Å². The second kappa shape index (κ2) is 8.05. The molecule has 1 aliphatic rings. The Morgan fingerprint density at radius 2 is 1.68 bits per heavy atom. The molecule has 142 valence electrons. The first-order valence-corrected chi connectivity index (χ1v) is 9.16. The van der Waals surface area contributed by atoms with Gasteiger partial charge in [-0.05, 0) is 35.7 Å². The summed E-state index contributed by atoms with van der Waals surface area (Å²) >= 11 is 0. The molecule has 0 fully saturated rings. The molecule has 0 saturated heterocycles. The number of amides is 1. The highest BCUT2D eigenvalue weighted by atomic mass is 16.7. The number of carbonyl (C=O) groups excluding carboxylic acids is 1. The summed E-state index contributed by atoms with van der Waals surface area (Å²) in [5.74, 6) is 1.70. The van der Waals surface area contributed by atoms with E-state index in [0.29, 0.717) is 17.2 Å². The molecule has 5 nitrogen and oxygen atoms in total. The molecule has 1 amide bonds. The summed E-state index contributed by atoms with van der Waals surface area (Å²) in [6.07, 6.45) is 0. The standard InChI is InChI=1S/C23H21NO4/c1-16(17-7-9-19(10-8-17)18-5-3-2-4-6-18)24-23(25)14-26-20-11-12-21-22(13-20)28-15-27-21/h2-13,16H,14-15H2,1H3,(H,24,25)/t16-/m0/s1. The first-order chi connectivity index (χ1) is 13.7. The molecule has 5 heteroatoms. The van der Waals surface area contributed by atoms with Crippen LogP contribution in [0.25, 0.3) is 11.1 Å². The third-order valence-corrected chi connectivity index (χ3v) is 4.61. The van der Waals surface area contributed by atoms with Gasteiger partial charge in [-0.1, -0.05) is 54.6 Å². The third kappa shape index (κ3) is 4.09. The van der Waals surface area contributed by atoms with Gasteiger partial charge in [0.05, 0.1) is 6.04 Å². The Morgan fingerprint density at radius 3 is 2.46 bits per heavy atom. The second-order valence-electron chi connectivity index (χ2n) is 6.58. The maximum atomic E-state index is 12.2. The molecule has 1 atom stereocenters. The topological polar surface area (TPSA) is 56.8 Å². The van der Waals surface area contributed by atoms with Crippen LogP contribution < -0.4 is 19.5 Å². The largest absolute Gasteiger partial charge is 0.484 e. The third-order valence-electron chi connectivity index (χ3n) is 4.61. The van der Waals surface area contributed by atoms with Crippen LogP contribution in [0.5, 0.6) is 17.2 Å². The molecule has 0 spiro atoms. The Labute approximate surface area is 163 Å². The van der Waals surface area contributed by atoms with Gasteiger partial charge in [-0.2, -0.15) is 0 Å². The predicted molar refractivity (Wildman–Crippen MR) is 106 cm³/mol. The molecule has 3 aromatic rings. The molecular formula is C23H21NO4. The Balaban J connectivity index is 1.31. The molecule has 3 aromatic carbocycles. The predicted octanol–water partition coefficient (Wildman–Crippen LogP) is 4.34. The van der Waals surface area contributed by atoms with Gasteiger partial charge < -0.3 is 19.5 Å². The van der Waals surface area contributed by atoms with Crippen molar-refractivity contribution in [1.29, 1.82) is 0 Å². The van der Waals surface area contributed by atoms with Crippen molar-refractivity contribution in [2.75, 3.05) is 13.4 Å². The van der Waals surface area contributed by atoms with Crippen LogP contribution >= 0.6 is 0 Å². The number of rotatable bonds is 6. The van der Waals surface area contributed by atoms with Crippen LogP contribution in [0.4, 0.5) is 0 Å². The number of carbonyl (C=O) groups is 1. The summed E-state index contributed by atoms with van der Waals surface area (Å²) in [6, 6.07) is 23.5. The Kier molecular flexibility index (Phi) is 5.15. The van der Waals surface area contributed by atoms with Gasteiger partial charge in [0.1, 0.15) is 5.75 Å². The van der Waals surface area contributed by atoms with E-state index in [-0.39, 0.29) is 25.3 Å². The number of ether oxygens (including phenoxy) is 3. The summed E-state index contributed by atoms with van der Waals surface area (Å²) in [6.45, 7) is 2.10. The molecule has 0 radical (unpaired) electrons. The summed E-state index contributed by atoms with van der Waals surface area (Å²) in [4.78, 5) is 12.2. The van der Waals surface area contributed by atoms with Crippen molar-refractivity contribution in [3.05, 3.63) is 78.4 Å². The lowest BCUT2D eigenvalue weighted by Gasteiger charge is -2.15. The normalized spacial score (nSPS) is 13.0. The fraction of sp³-hybridized carbons (Fsp3) is 0.174. The SMILES string of the molecule is C[C@H](NC(=O)COc1ccc2c(c1)OCO2)c1ccc(-c2ccccc2)cc1. The Morgan fingerprint density at radius 1 is 0.964 bits per heavy atom. The van der Waals surface area contributed by atoms with Gasteiger partial charge in [0.25, 0.3) is 5.91 Å². The minimum Gasteiger partial charge on any atom is -0.484 e. The van der Waals surface area contributed by atoms with E-state index in [4.69, 9.17) is 14.2 Å². The van der Waals surface area contributed by atoms with Gasteiger partial charge in [-0.3, -0.25) is 4.79 Å². The zero-order chi connectivity index (χ0) is 19.3. The van der Waals surface area contributed by atoms with E-state index in [1.54, 1.807) is 18.2 Å². The zero-order valence-corrected chi connectivity index (χ0v) is 15.6. The van der Waals surface area contributed by atoms with E-state index >= 15 is 0 Å². The molecule has 4 rings (SSSR count).